The summed E-state index contributed by atoms with van der Waals surface area (Å²) in [6.45, 7) is 2.63. The summed E-state index contributed by atoms with van der Waals surface area (Å²) in [6.07, 6.45) is 0.407. The van der Waals surface area contributed by atoms with Crippen molar-refractivity contribution in [1.82, 2.24) is 9.21 Å². The predicted octanol–water partition coefficient (Wildman–Crippen LogP) is 0.897. The molecule has 2 rings (SSSR count). The first-order valence-electron chi connectivity index (χ1n) is 7.76. The number of nitrogens with zero attached hydrogens (tertiary/aromatic N) is 2. The first-order chi connectivity index (χ1) is 11.3. The van der Waals surface area contributed by atoms with Gasteiger partial charge >= 0.3 is 0 Å². The molecule has 0 aliphatic carbocycles. The van der Waals surface area contributed by atoms with E-state index in [-0.39, 0.29) is 42.5 Å². The molecule has 1 aromatic carbocycles. The lowest BCUT2D eigenvalue weighted by Crippen LogP contribution is -2.50. The summed E-state index contributed by atoms with van der Waals surface area (Å²) in [5.41, 5.74) is 0. The molecule has 1 amide bonds. The third-order valence-electron chi connectivity index (χ3n) is 3.98. The Morgan fingerprint density at radius 3 is 2.12 bits per heavy atom. The highest BCUT2D eigenvalue weighted by atomic mass is 32.2. The lowest BCUT2D eigenvalue weighted by Gasteiger charge is -2.34. The van der Waals surface area contributed by atoms with Crippen LogP contribution in [-0.4, -0.2) is 62.6 Å². The number of Topliss-reactive ketones (excluding diaryl/α,β-unsaturated/α-hetero) is 1. The zero-order valence-electron chi connectivity index (χ0n) is 13.9. The molecule has 1 aliphatic rings. The van der Waals surface area contributed by atoms with Gasteiger partial charge in [-0.3, -0.25) is 4.79 Å². The number of hydrogen-bond acceptors (Lipinski definition) is 5. The van der Waals surface area contributed by atoms with E-state index >= 15 is 0 Å². The number of hydrogen-bond donors (Lipinski definition) is 0. The van der Waals surface area contributed by atoms with Crippen molar-refractivity contribution < 1.29 is 22.7 Å². The second kappa shape index (κ2) is 7.76. The van der Waals surface area contributed by atoms with Gasteiger partial charge in [0.25, 0.3) is 0 Å². The molecule has 0 aromatic heterocycles. The second-order valence-electron chi connectivity index (χ2n) is 5.66. The Kier molecular flexibility index (Phi) is 5.95. The highest BCUT2D eigenvalue weighted by Gasteiger charge is 2.29. The summed E-state index contributed by atoms with van der Waals surface area (Å²) < 4.78 is 31.6. The molecular weight excluding hydrogens is 332 g/mol. The first-order valence-corrected chi connectivity index (χ1v) is 9.20. The highest BCUT2D eigenvalue weighted by Crippen LogP contribution is 2.20. The summed E-state index contributed by atoms with van der Waals surface area (Å²) in [5.74, 6) is 0.464. The van der Waals surface area contributed by atoms with E-state index in [1.807, 2.05) is 0 Å². The molecule has 1 aromatic rings. The minimum absolute atomic E-state index is 0.0240. The molecule has 8 heteroatoms. The second-order valence-corrected chi connectivity index (χ2v) is 7.60. The van der Waals surface area contributed by atoms with E-state index in [0.717, 1.165) is 0 Å². The van der Waals surface area contributed by atoms with Gasteiger partial charge in [0.1, 0.15) is 11.5 Å². The van der Waals surface area contributed by atoms with E-state index in [2.05, 4.69) is 0 Å². The molecule has 0 spiro atoms. The number of amides is 1. The topological polar surface area (TPSA) is 84.0 Å². The summed E-state index contributed by atoms with van der Waals surface area (Å²) in [5, 5.41) is 0. The SMILES string of the molecule is COc1ccc(S(=O)(=O)N2CCN(C(=O)CCC(C)=O)CC2)cc1. The van der Waals surface area contributed by atoms with Gasteiger partial charge < -0.3 is 14.4 Å². The van der Waals surface area contributed by atoms with Crippen LogP contribution in [0.2, 0.25) is 0 Å². The Balaban J connectivity index is 1.97. The number of carbonyl (C=O) groups excluding carboxylic acids is 2. The Hall–Kier alpha value is -1.93. The normalized spacial score (nSPS) is 16.0. The van der Waals surface area contributed by atoms with Crippen molar-refractivity contribution in [2.75, 3.05) is 33.3 Å². The molecular formula is C16H22N2O5S. The third-order valence-corrected chi connectivity index (χ3v) is 5.89. The van der Waals surface area contributed by atoms with E-state index in [0.29, 0.717) is 18.8 Å². The number of carbonyl (C=O) groups is 2. The maximum Gasteiger partial charge on any atom is 0.243 e. The smallest absolute Gasteiger partial charge is 0.243 e. The van der Waals surface area contributed by atoms with Crippen molar-refractivity contribution >= 4 is 21.7 Å². The number of ether oxygens (including phenoxy) is 1. The van der Waals surface area contributed by atoms with E-state index in [4.69, 9.17) is 4.74 Å². The number of rotatable bonds is 6. The van der Waals surface area contributed by atoms with Gasteiger partial charge in [-0.15, -0.1) is 0 Å². The van der Waals surface area contributed by atoms with Crippen LogP contribution in [0, 0.1) is 0 Å². The van der Waals surface area contributed by atoms with Crippen LogP contribution in [0.25, 0.3) is 0 Å². The Labute approximate surface area is 142 Å². The summed E-state index contributed by atoms with van der Waals surface area (Å²) in [6, 6.07) is 6.24. The highest BCUT2D eigenvalue weighted by molar-refractivity contribution is 7.89. The molecule has 0 unspecified atom stereocenters. The van der Waals surface area contributed by atoms with Gasteiger partial charge in [-0.05, 0) is 31.2 Å². The first kappa shape index (κ1) is 18.4. The van der Waals surface area contributed by atoms with Crippen molar-refractivity contribution in [3.8, 4) is 5.75 Å². The van der Waals surface area contributed by atoms with Crippen molar-refractivity contribution in [2.24, 2.45) is 0 Å². The van der Waals surface area contributed by atoms with E-state index in [9.17, 15) is 18.0 Å². The summed E-state index contributed by atoms with van der Waals surface area (Å²) in [7, 11) is -2.06. The van der Waals surface area contributed by atoms with Gasteiger partial charge in [0.05, 0.1) is 12.0 Å². The molecule has 1 saturated heterocycles. The monoisotopic (exact) mass is 354 g/mol. The van der Waals surface area contributed by atoms with Crippen LogP contribution < -0.4 is 4.74 Å². The van der Waals surface area contributed by atoms with Crippen molar-refractivity contribution in [3.05, 3.63) is 24.3 Å². The van der Waals surface area contributed by atoms with Crippen LogP contribution in [0.5, 0.6) is 5.75 Å². The molecule has 24 heavy (non-hydrogen) atoms. The summed E-state index contributed by atoms with van der Waals surface area (Å²) >= 11 is 0. The lowest BCUT2D eigenvalue weighted by molar-refractivity contribution is -0.134. The molecule has 132 valence electrons. The van der Waals surface area contributed by atoms with E-state index in [1.165, 1.54) is 30.5 Å². The maximum absolute atomic E-state index is 12.6. The predicted molar refractivity (Wildman–Crippen MR) is 88.2 cm³/mol. The molecule has 0 saturated carbocycles. The van der Waals surface area contributed by atoms with Gasteiger partial charge in [0.15, 0.2) is 0 Å². The van der Waals surface area contributed by atoms with Crippen LogP contribution in [0.3, 0.4) is 0 Å². The number of piperazine rings is 1. The molecule has 1 heterocycles. The largest absolute Gasteiger partial charge is 0.497 e. The van der Waals surface area contributed by atoms with Crippen molar-refractivity contribution in [3.63, 3.8) is 0 Å². The zero-order valence-corrected chi connectivity index (χ0v) is 14.7. The summed E-state index contributed by atoms with van der Waals surface area (Å²) in [4.78, 5) is 24.8. The van der Waals surface area contributed by atoms with Crippen LogP contribution in [-0.2, 0) is 19.6 Å². The van der Waals surface area contributed by atoms with Crippen LogP contribution in [0.1, 0.15) is 19.8 Å². The van der Waals surface area contributed by atoms with E-state index < -0.39 is 10.0 Å². The minimum Gasteiger partial charge on any atom is -0.497 e. The Morgan fingerprint density at radius 1 is 1.04 bits per heavy atom. The van der Waals surface area contributed by atoms with Gasteiger partial charge in [0, 0.05) is 39.0 Å². The van der Waals surface area contributed by atoms with Crippen LogP contribution in [0.15, 0.2) is 29.2 Å². The molecule has 0 radical (unpaired) electrons. The minimum atomic E-state index is -3.58. The standard InChI is InChI=1S/C16H22N2O5S/c1-13(19)3-8-16(20)17-9-11-18(12-10-17)24(21,22)15-6-4-14(23-2)5-7-15/h4-7H,3,8-12H2,1-2H3. The molecule has 0 N–H and O–H groups in total. The van der Waals surface area contributed by atoms with Crippen molar-refractivity contribution in [2.45, 2.75) is 24.7 Å². The van der Waals surface area contributed by atoms with Gasteiger partial charge in [0.2, 0.25) is 15.9 Å². The number of sulfonamides is 1. The van der Waals surface area contributed by atoms with Gasteiger partial charge in [-0.25, -0.2) is 8.42 Å². The molecule has 7 nitrogen and oxygen atoms in total. The fraction of sp³-hybridized carbons (Fsp3) is 0.500. The fourth-order valence-corrected chi connectivity index (χ4v) is 3.94. The molecule has 0 atom stereocenters. The van der Waals surface area contributed by atoms with Crippen LogP contribution >= 0.6 is 0 Å². The van der Waals surface area contributed by atoms with Crippen LogP contribution in [0.4, 0.5) is 0 Å². The Bertz CT molecular complexity index is 692. The number of methoxy groups -OCH3 is 1. The fourth-order valence-electron chi connectivity index (χ4n) is 2.52. The molecule has 0 bridgehead atoms. The third kappa shape index (κ3) is 4.33. The van der Waals surface area contributed by atoms with E-state index in [1.54, 1.807) is 17.0 Å². The lowest BCUT2D eigenvalue weighted by atomic mass is 10.2. The van der Waals surface area contributed by atoms with Gasteiger partial charge in [-0.1, -0.05) is 0 Å². The quantitative estimate of drug-likeness (QED) is 0.758. The molecule has 1 aliphatic heterocycles. The zero-order chi connectivity index (χ0) is 17.7. The average Bonchev–Trinajstić information content (AvgIpc) is 2.59. The molecule has 1 fully saturated rings. The van der Waals surface area contributed by atoms with Crippen molar-refractivity contribution in [1.29, 1.82) is 0 Å². The Morgan fingerprint density at radius 2 is 1.62 bits per heavy atom. The average molecular weight is 354 g/mol. The number of benzene rings is 1. The maximum atomic E-state index is 12.6. The van der Waals surface area contributed by atoms with Gasteiger partial charge in [-0.2, -0.15) is 4.31 Å². The number of ketones is 1.